The summed E-state index contributed by atoms with van der Waals surface area (Å²) in [5.41, 5.74) is 6.52. The van der Waals surface area contributed by atoms with Crippen LogP contribution in [0.5, 0.6) is 5.88 Å². The second kappa shape index (κ2) is 8.69. The van der Waals surface area contributed by atoms with E-state index in [-0.39, 0.29) is 6.10 Å². The van der Waals surface area contributed by atoms with Gasteiger partial charge in [-0.1, -0.05) is 0 Å². The second-order valence-corrected chi connectivity index (χ2v) is 8.90. The Morgan fingerprint density at radius 1 is 1.09 bits per heavy atom. The molecule has 10 heteroatoms. The van der Waals surface area contributed by atoms with Crippen molar-refractivity contribution in [3.8, 4) is 17.1 Å². The van der Waals surface area contributed by atoms with E-state index in [0.717, 1.165) is 58.3 Å². The van der Waals surface area contributed by atoms with E-state index in [2.05, 4.69) is 40.1 Å². The topological polar surface area (TPSA) is 87.5 Å². The van der Waals surface area contributed by atoms with Crippen LogP contribution in [0.4, 0.5) is 0 Å². The van der Waals surface area contributed by atoms with Crippen molar-refractivity contribution in [1.82, 2.24) is 38.8 Å². The molecular weight excluding hydrogens is 432 g/mol. The Kier molecular flexibility index (Phi) is 5.70. The Balaban J connectivity index is 1.72. The molecule has 10 nitrogen and oxygen atoms in total. The highest BCUT2D eigenvalue weighted by Gasteiger charge is 2.24. The number of methoxy groups -OCH3 is 1. The first kappa shape index (κ1) is 22.3. The molecule has 1 atom stereocenters. The summed E-state index contributed by atoms with van der Waals surface area (Å²) in [6, 6.07) is 0. The van der Waals surface area contributed by atoms with Gasteiger partial charge < -0.3 is 9.47 Å². The van der Waals surface area contributed by atoms with E-state index in [1.165, 1.54) is 0 Å². The van der Waals surface area contributed by atoms with Gasteiger partial charge in [0.15, 0.2) is 0 Å². The van der Waals surface area contributed by atoms with Crippen LogP contribution < -0.4 is 4.74 Å². The van der Waals surface area contributed by atoms with Crippen molar-refractivity contribution in [2.45, 2.75) is 33.1 Å². The van der Waals surface area contributed by atoms with Crippen molar-refractivity contribution in [2.24, 2.45) is 14.1 Å². The molecule has 0 spiro atoms. The van der Waals surface area contributed by atoms with Crippen LogP contribution in [0.25, 0.3) is 28.9 Å². The summed E-state index contributed by atoms with van der Waals surface area (Å²) in [5.74, 6) is 1.48. The summed E-state index contributed by atoms with van der Waals surface area (Å²) in [6.07, 6.45) is 9.68. The van der Waals surface area contributed by atoms with Gasteiger partial charge in [0.1, 0.15) is 17.6 Å². The van der Waals surface area contributed by atoms with Gasteiger partial charge in [0.2, 0.25) is 5.88 Å². The summed E-state index contributed by atoms with van der Waals surface area (Å²) in [5, 5.41) is 9.33. The van der Waals surface area contributed by atoms with Crippen LogP contribution in [-0.2, 0) is 32.0 Å². The minimum absolute atomic E-state index is 0.0828. The van der Waals surface area contributed by atoms with Crippen LogP contribution in [0.1, 0.15) is 35.4 Å². The maximum Gasteiger partial charge on any atom is 0.221 e. The Morgan fingerprint density at radius 3 is 2.68 bits per heavy atom. The zero-order valence-electron chi connectivity index (χ0n) is 20.5. The molecule has 5 rings (SSSR count). The predicted octanol–water partition coefficient (Wildman–Crippen LogP) is 2.70. The van der Waals surface area contributed by atoms with Crippen molar-refractivity contribution in [3.05, 3.63) is 47.1 Å². The van der Waals surface area contributed by atoms with Crippen LogP contribution in [-0.4, -0.2) is 65.6 Å². The third kappa shape index (κ3) is 3.88. The van der Waals surface area contributed by atoms with Gasteiger partial charge in [0, 0.05) is 46.1 Å². The number of likely N-dealkylation sites (N-methyl/N-ethyl adjacent to an activating group) is 1. The first-order chi connectivity index (χ1) is 16.4. The summed E-state index contributed by atoms with van der Waals surface area (Å²) < 4.78 is 17.7. The summed E-state index contributed by atoms with van der Waals surface area (Å²) in [7, 11) is 7.63. The lowest BCUT2D eigenvalue weighted by atomic mass is 10.1. The number of hydrogen-bond donors (Lipinski definition) is 0. The van der Waals surface area contributed by atoms with Gasteiger partial charge in [0.25, 0.3) is 0 Å². The molecule has 0 saturated carbocycles. The number of fused-ring (bicyclic) bond motifs is 4. The molecule has 0 aromatic carbocycles. The third-order valence-electron chi connectivity index (χ3n) is 6.14. The summed E-state index contributed by atoms with van der Waals surface area (Å²) in [4.78, 5) is 11.6. The molecule has 4 aromatic rings. The fourth-order valence-corrected chi connectivity index (χ4v) is 4.63. The Labute approximate surface area is 198 Å². The molecule has 178 valence electrons. The number of ether oxygens (including phenoxy) is 2. The van der Waals surface area contributed by atoms with Gasteiger partial charge in [-0.25, -0.2) is 9.67 Å². The van der Waals surface area contributed by atoms with Gasteiger partial charge in [-0.2, -0.15) is 10.2 Å². The van der Waals surface area contributed by atoms with Crippen LogP contribution in [0.15, 0.2) is 18.6 Å². The number of hydrogen-bond acceptors (Lipinski definition) is 7. The quantitative estimate of drug-likeness (QED) is 0.453. The molecule has 34 heavy (non-hydrogen) atoms. The van der Waals surface area contributed by atoms with Gasteiger partial charge in [-0.3, -0.25) is 19.0 Å². The molecule has 0 radical (unpaired) electrons. The number of aromatic nitrogens is 7. The molecule has 2 bridgehead atoms. The average molecular weight is 463 g/mol. The number of nitrogens with zero attached hydrogens (tertiary/aromatic N) is 8. The lowest BCUT2D eigenvalue weighted by Gasteiger charge is -2.23. The maximum atomic E-state index is 6.47. The largest absolute Gasteiger partial charge is 0.473 e. The van der Waals surface area contributed by atoms with Gasteiger partial charge >= 0.3 is 0 Å². The first-order valence-electron chi connectivity index (χ1n) is 11.3. The molecule has 0 aliphatic carbocycles. The number of aryl methyl sites for hydroxylation is 3. The zero-order valence-corrected chi connectivity index (χ0v) is 20.5. The van der Waals surface area contributed by atoms with Gasteiger partial charge in [-0.05, 0) is 33.0 Å². The molecule has 0 saturated heterocycles. The van der Waals surface area contributed by atoms with Gasteiger partial charge in [0.05, 0.1) is 47.2 Å². The molecule has 5 heterocycles. The van der Waals surface area contributed by atoms with Crippen molar-refractivity contribution in [2.75, 3.05) is 20.7 Å². The first-order valence-corrected chi connectivity index (χ1v) is 11.3. The third-order valence-corrected chi connectivity index (χ3v) is 6.14. The van der Waals surface area contributed by atoms with E-state index in [0.29, 0.717) is 12.5 Å². The highest BCUT2D eigenvalue weighted by atomic mass is 16.5. The number of imidazole rings is 1. The molecule has 4 aromatic heterocycles. The fraction of sp³-hybridized carbons (Fsp3) is 0.417. The highest BCUT2D eigenvalue weighted by molar-refractivity contribution is 5.73. The SMILES string of the molecule is COCc1nn(C)c2c1-c1cn3c(ncc3cn1)/C=C/c1c(C)nn(C)c1CN(C)C[C@H](C)O2. The zero-order chi connectivity index (χ0) is 24.0. The molecule has 0 unspecified atom stereocenters. The second-order valence-electron chi connectivity index (χ2n) is 8.90. The Morgan fingerprint density at radius 2 is 1.88 bits per heavy atom. The smallest absolute Gasteiger partial charge is 0.221 e. The van der Waals surface area contributed by atoms with Crippen LogP contribution in [0.3, 0.4) is 0 Å². The van der Waals surface area contributed by atoms with Crippen LogP contribution in [0.2, 0.25) is 0 Å². The lowest BCUT2D eigenvalue weighted by molar-refractivity contribution is 0.147. The van der Waals surface area contributed by atoms with Crippen LogP contribution >= 0.6 is 0 Å². The van der Waals surface area contributed by atoms with Crippen molar-refractivity contribution in [3.63, 3.8) is 0 Å². The van der Waals surface area contributed by atoms with Crippen LogP contribution in [0, 0.1) is 6.92 Å². The normalized spacial score (nSPS) is 17.8. The van der Waals surface area contributed by atoms with Crippen molar-refractivity contribution < 1.29 is 9.47 Å². The van der Waals surface area contributed by atoms with Gasteiger partial charge in [-0.15, -0.1) is 0 Å². The highest BCUT2D eigenvalue weighted by Crippen LogP contribution is 2.34. The lowest BCUT2D eigenvalue weighted by Crippen LogP contribution is -2.32. The minimum atomic E-state index is -0.0828. The van der Waals surface area contributed by atoms with E-state index < -0.39 is 0 Å². The molecule has 0 fully saturated rings. The predicted molar refractivity (Wildman–Crippen MR) is 129 cm³/mol. The van der Waals surface area contributed by atoms with E-state index in [4.69, 9.17) is 14.5 Å². The molecule has 0 amide bonds. The van der Waals surface area contributed by atoms with E-state index >= 15 is 0 Å². The fourth-order valence-electron chi connectivity index (χ4n) is 4.63. The van der Waals surface area contributed by atoms with E-state index in [1.807, 2.05) is 54.8 Å². The standard InChI is InChI=1S/C24H30N8O2/c1-15-11-29(3)13-21-18(16(2)27-30(21)4)7-8-22-26-10-17-9-25-19(12-32(17)22)23-20(14-33-6)28-31(5)24(23)34-15/h7-10,12,15H,11,13-14H2,1-6H3/b8-7+/t15-/m0/s1. The molecule has 1 aliphatic heterocycles. The minimum Gasteiger partial charge on any atom is -0.473 e. The van der Waals surface area contributed by atoms with Crippen molar-refractivity contribution >= 4 is 17.7 Å². The van der Waals surface area contributed by atoms with Crippen molar-refractivity contribution in [1.29, 1.82) is 0 Å². The maximum absolute atomic E-state index is 6.47. The molecular formula is C24H30N8O2. The molecule has 0 N–H and O–H groups in total. The van der Waals surface area contributed by atoms with E-state index in [9.17, 15) is 0 Å². The summed E-state index contributed by atoms with van der Waals surface area (Å²) in [6.45, 7) is 5.94. The Hall–Kier alpha value is -3.50. The number of rotatable bonds is 2. The van der Waals surface area contributed by atoms with E-state index in [1.54, 1.807) is 11.8 Å². The monoisotopic (exact) mass is 462 g/mol. The Bertz CT molecular complexity index is 1380. The summed E-state index contributed by atoms with van der Waals surface area (Å²) >= 11 is 0. The molecule has 1 aliphatic rings. The average Bonchev–Trinajstić information content (AvgIpc) is 3.40.